The first-order valence-electron chi connectivity index (χ1n) is 8.95. The third kappa shape index (κ3) is 4.04. The molecule has 27 heavy (non-hydrogen) atoms. The summed E-state index contributed by atoms with van der Waals surface area (Å²) in [6.07, 6.45) is 9.88. The summed E-state index contributed by atoms with van der Waals surface area (Å²) in [5.41, 5.74) is 3.75. The van der Waals surface area contributed by atoms with Crippen molar-refractivity contribution in [1.82, 2.24) is 4.98 Å². The molecule has 1 N–H and O–H groups in total. The number of para-hydroxylation sites is 1. The molecule has 1 aliphatic heterocycles. The van der Waals surface area contributed by atoms with Crippen LogP contribution in [0.4, 0.5) is 0 Å². The molecule has 1 fully saturated rings. The highest BCUT2D eigenvalue weighted by Crippen LogP contribution is 2.27. The Hall–Kier alpha value is -2.63. The predicted octanol–water partition coefficient (Wildman–Crippen LogP) is 4.03. The van der Waals surface area contributed by atoms with Crippen molar-refractivity contribution in [3.8, 4) is 0 Å². The first-order valence-corrected chi connectivity index (χ1v) is 9.36. The van der Waals surface area contributed by atoms with Gasteiger partial charge in [0.05, 0.1) is 23.7 Å². The van der Waals surface area contributed by atoms with Gasteiger partial charge >= 0.3 is 5.97 Å². The number of ether oxygens (including phenoxy) is 1. The van der Waals surface area contributed by atoms with E-state index in [0.717, 1.165) is 39.0 Å². The average molecular weight is 377 g/mol. The van der Waals surface area contributed by atoms with E-state index in [9.17, 15) is 9.90 Å². The van der Waals surface area contributed by atoms with Crippen LogP contribution in [0.3, 0.4) is 0 Å². The molecule has 2 aromatic rings. The monoisotopic (exact) mass is 377 g/mol. The quantitative estimate of drug-likeness (QED) is 0.646. The molecule has 0 saturated carbocycles. The molecule has 0 radical (unpaired) electrons. The maximum absolute atomic E-state index is 11.6. The van der Waals surface area contributed by atoms with Gasteiger partial charge in [0, 0.05) is 28.7 Å². The molecule has 0 unspecified atom stereocenters. The Morgan fingerprint density at radius 3 is 2.89 bits per heavy atom. The summed E-state index contributed by atoms with van der Waals surface area (Å²) in [6.45, 7) is 0. The number of carbonyl (C=O) groups is 1. The number of pyridine rings is 1. The minimum atomic E-state index is -0.653. The number of thiocarbonyl (C=S) groups is 1. The number of aromatic nitrogens is 1. The molecule has 1 aromatic heterocycles. The molecule has 1 saturated heterocycles. The number of hydrogen-bond acceptors (Lipinski definition) is 5. The van der Waals surface area contributed by atoms with Crippen LogP contribution in [0.5, 0.6) is 0 Å². The van der Waals surface area contributed by atoms with E-state index in [1.54, 1.807) is 0 Å². The van der Waals surface area contributed by atoms with Crippen LogP contribution in [-0.4, -0.2) is 33.1 Å². The summed E-state index contributed by atoms with van der Waals surface area (Å²) in [5.74, 6) is -0.369. The Balaban J connectivity index is 1.73. The first-order chi connectivity index (χ1) is 13.1. The number of allylic oxidation sites excluding steroid dienone is 4. The largest absolute Gasteiger partial charge is 0.458 e. The second-order valence-electron chi connectivity index (χ2n) is 6.76. The van der Waals surface area contributed by atoms with E-state index in [1.807, 2.05) is 48.6 Å². The molecule has 2 heterocycles. The molecule has 2 aliphatic rings. The number of hydrogen-bond donors (Lipinski definition) is 1. The molecule has 4 rings (SSSR count). The third-order valence-corrected chi connectivity index (χ3v) is 4.98. The fraction of sp³-hybridized carbons (Fsp3) is 0.227. The Kier molecular flexibility index (Phi) is 4.97. The van der Waals surface area contributed by atoms with Gasteiger partial charge < -0.3 is 9.84 Å². The number of rotatable bonds is 3. The zero-order chi connectivity index (χ0) is 18.8. The van der Waals surface area contributed by atoms with Crippen LogP contribution in [0.15, 0.2) is 54.6 Å². The molecule has 5 heteroatoms. The maximum atomic E-state index is 11.6. The Labute approximate surface area is 162 Å². The first kappa shape index (κ1) is 17.8. The fourth-order valence-corrected chi connectivity index (χ4v) is 3.48. The number of nitrogens with zero attached hydrogens (tertiary/aromatic N) is 1. The van der Waals surface area contributed by atoms with Crippen molar-refractivity contribution in [3.05, 3.63) is 65.9 Å². The van der Waals surface area contributed by atoms with Gasteiger partial charge in [-0.3, -0.25) is 4.79 Å². The van der Waals surface area contributed by atoms with Gasteiger partial charge in [-0.15, -0.1) is 0 Å². The standard InChI is InChI=1S/C22H19NO3S/c24-17-12-18(26-21(25)13-17)8-5-16-11-15-3-1-2-4-20(15)23-22(16)14-6-9-19(27)10-7-14/h1-9,11,17-18,24H,10,12-13H2/b8-5+/t17-,18-/m1/s1. The van der Waals surface area contributed by atoms with Gasteiger partial charge in [0.2, 0.25) is 0 Å². The number of esters is 1. The van der Waals surface area contributed by atoms with Gasteiger partial charge in [0.15, 0.2) is 0 Å². The van der Waals surface area contributed by atoms with Crippen molar-refractivity contribution in [2.45, 2.75) is 31.5 Å². The van der Waals surface area contributed by atoms with Crippen molar-refractivity contribution >= 4 is 45.6 Å². The van der Waals surface area contributed by atoms with E-state index in [1.165, 1.54) is 0 Å². The van der Waals surface area contributed by atoms with Crippen LogP contribution in [-0.2, 0) is 9.53 Å². The molecule has 4 nitrogen and oxygen atoms in total. The van der Waals surface area contributed by atoms with Crippen molar-refractivity contribution < 1.29 is 14.6 Å². The smallest absolute Gasteiger partial charge is 0.309 e. The highest BCUT2D eigenvalue weighted by atomic mass is 32.1. The Bertz CT molecular complexity index is 1010. The van der Waals surface area contributed by atoms with Gasteiger partial charge in [-0.2, -0.15) is 0 Å². The minimum Gasteiger partial charge on any atom is -0.458 e. The molecule has 0 amide bonds. The SMILES string of the molecule is O=C1C[C@H](O)C[C@@H](/C=C/c2cc3ccccc3nc2C2=CCC(=S)C=C2)O1. The summed E-state index contributed by atoms with van der Waals surface area (Å²) in [6, 6.07) is 10.0. The zero-order valence-electron chi connectivity index (χ0n) is 14.7. The number of cyclic esters (lactones) is 1. The van der Waals surface area contributed by atoms with E-state index in [4.69, 9.17) is 21.9 Å². The molecule has 0 spiro atoms. The van der Waals surface area contributed by atoms with E-state index in [2.05, 4.69) is 12.1 Å². The molecule has 2 atom stereocenters. The van der Waals surface area contributed by atoms with Crippen molar-refractivity contribution in [2.75, 3.05) is 0 Å². The third-order valence-electron chi connectivity index (χ3n) is 4.68. The number of aliphatic hydroxyl groups is 1. The van der Waals surface area contributed by atoms with Crippen molar-refractivity contribution in [1.29, 1.82) is 0 Å². The topological polar surface area (TPSA) is 59.4 Å². The molecule has 136 valence electrons. The molecular weight excluding hydrogens is 358 g/mol. The van der Waals surface area contributed by atoms with E-state index in [0.29, 0.717) is 6.42 Å². The Morgan fingerprint density at radius 1 is 1.26 bits per heavy atom. The van der Waals surface area contributed by atoms with Crippen LogP contribution in [0.2, 0.25) is 0 Å². The fourth-order valence-electron chi connectivity index (χ4n) is 3.33. The van der Waals surface area contributed by atoms with Gasteiger partial charge in [-0.25, -0.2) is 4.98 Å². The lowest BCUT2D eigenvalue weighted by atomic mass is 9.97. The van der Waals surface area contributed by atoms with Crippen LogP contribution in [0.25, 0.3) is 22.6 Å². The summed E-state index contributed by atoms with van der Waals surface area (Å²) in [7, 11) is 0. The van der Waals surface area contributed by atoms with Crippen molar-refractivity contribution in [3.63, 3.8) is 0 Å². The zero-order valence-corrected chi connectivity index (χ0v) is 15.5. The van der Waals surface area contributed by atoms with Crippen LogP contribution >= 0.6 is 12.2 Å². The molecule has 1 aromatic carbocycles. The maximum Gasteiger partial charge on any atom is 0.309 e. The summed E-state index contributed by atoms with van der Waals surface area (Å²) >= 11 is 5.24. The highest BCUT2D eigenvalue weighted by molar-refractivity contribution is 7.80. The van der Waals surface area contributed by atoms with Crippen molar-refractivity contribution in [2.24, 2.45) is 0 Å². The van der Waals surface area contributed by atoms with E-state index in [-0.39, 0.29) is 12.4 Å². The van der Waals surface area contributed by atoms with Crippen LogP contribution in [0, 0.1) is 0 Å². The number of benzene rings is 1. The second-order valence-corrected chi connectivity index (χ2v) is 7.29. The summed E-state index contributed by atoms with van der Waals surface area (Å²) in [4.78, 5) is 17.3. The van der Waals surface area contributed by atoms with Gasteiger partial charge in [-0.05, 0) is 29.9 Å². The average Bonchev–Trinajstić information content (AvgIpc) is 2.65. The normalized spacial score (nSPS) is 22.9. The molecular formula is C22H19NO3S. The predicted molar refractivity (Wildman–Crippen MR) is 110 cm³/mol. The van der Waals surface area contributed by atoms with Gasteiger partial charge in [-0.1, -0.05) is 48.6 Å². The van der Waals surface area contributed by atoms with Crippen LogP contribution in [0.1, 0.15) is 30.5 Å². The summed E-state index contributed by atoms with van der Waals surface area (Å²) < 4.78 is 5.31. The van der Waals surface area contributed by atoms with Crippen LogP contribution < -0.4 is 0 Å². The minimum absolute atomic E-state index is 0.0602. The number of carbonyl (C=O) groups excluding carboxylic acids is 1. The van der Waals surface area contributed by atoms with Gasteiger partial charge in [0.1, 0.15) is 6.10 Å². The lowest BCUT2D eigenvalue weighted by Crippen LogP contribution is -2.31. The second kappa shape index (κ2) is 7.55. The van der Waals surface area contributed by atoms with Gasteiger partial charge in [0.25, 0.3) is 0 Å². The number of aliphatic hydroxyl groups excluding tert-OH is 1. The lowest BCUT2D eigenvalue weighted by molar-refractivity contribution is -0.156. The Morgan fingerprint density at radius 2 is 2.11 bits per heavy atom. The molecule has 1 aliphatic carbocycles. The molecule has 0 bridgehead atoms. The van der Waals surface area contributed by atoms with E-state index < -0.39 is 12.2 Å². The highest BCUT2D eigenvalue weighted by Gasteiger charge is 2.25. The van der Waals surface area contributed by atoms with E-state index >= 15 is 0 Å². The lowest BCUT2D eigenvalue weighted by Gasteiger charge is -2.23. The number of fused-ring (bicyclic) bond motifs is 1. The summed E-state index contributed by atoms with van der Waals surface area (Å²) in [5, 5.41) is 10.8.